The standard InChI is InChI=1S/C11H17IN2O3S/c1-11(2,3)8-4-7(6-13)10(9(12)5-8)14-18(15,16)17/h4-5,14H,6,13H2,1-3H3,(H,15,16,17). The third kappa shape index (κ3) is 4.08. The largest absolute Gasteiger partial charge is 0.357 e. The van der Waals surface area contributed by atoms with Crippen molar-refractivity contribution in [2.45, 2.75) is 32.7 Å². The molecule has 102 valence electrons. The van der Waals surface area contributed by atoms with Gasteiger partial charge in [0.2, 0.25) is 0 Å². The van der Waals surface area contributed by atoms with Crippen LogP contribution >= 0.6 is 22.6 Å². The Morgan fingerprint density at radius 3 is 2.33 bits per heavy atom. The zero-order valence-corrected chi connectivity index (χ0v) is 13.5. The van der Waals surface area contributed by atoms with Crippen molar-refractivity contribution in [1.82, 2.24) is 0 Å². The van der Waals surface area contributed by atoms with Gasteiger partial charge in [-0.2, -0.15) is 8.42 Å². The normalized spacial score (nSPS) is 12.6. The molecule has 0 aliphatic heterocycles. The fraction of sp³-hybridized carbons (Fsp3) is 0.455. The highest BCUT2D eigenvalue weighted by atomic mass is 127. The molecule has 0 aliphatic carbocycles. The summed E-state index contributed by atoms with van der Waals surface area (Å²) in [6.07, 6.45) is 0. The number of halogens is 1. The van der Waals surface area contributed by atoms with E-state index in [9.17, 15) is 8.42 Å². The van der Waals surface area contributed by atoms with Crippen LogP contribution in [-0.2, 0) is 22.3 Å². The minimum atomic E-state index is -4.29. The predicted molar refractivity (Wildman–Crippen MR) is 80.9 cm³/mol. The average molecular weight is 384 g/mol. The maximum absolute atomic E-state index is 10.9. The van der Waals surface area contributed by atoms with Crippen LogP contribution in [0.5, 0.6) is 0 Å². The second-order valence-corrected chi connectivity index (χ2v) is 7.34. The van der Waals surface area contributed by atoms with Crippen LogP contribution in [0.4, 0.5) is 5.69 Å². The van der Waals surface area contributed by atoms with E-state index < -0.39 is 10.3 Å². The van der Waals surface area contributed by atoms with E-state index in [1.165, 1.54) is 0 Å². The van der Waals surface area contributed by atoms with E-state index in [0.717, 1.165) is 5.56 Å². The summed E-state index contributed by atoms with van der Waals surface area (Å²) in [5, 5.41) is 0. The van der Waals surface area contributed by atoms with Crippen LogP contribution in [0.1, 0.15) is 31.9 Å². The first-order valence-electron chi connectivity index (χ1n) is 5.33. The van der Waals surface area contributed by atoms with Gasteiger partial charge in [-0.05, 0) is 45.2 Å². The van der Waals surface area contributed by atoms with Gasteiger partial charge in [0.1, 0.15) is 0 Å². The minimum Gasteiger partial charge on any atom is -0.326 e. The first kappa shape index (κ1) is 15.7. The summed E-state index contributed by atoms with van der Waals surface area (Å²) >= 11 is 2.02. The molecule has 1 aromatic carbocycles. The minimum absolute atomic E-state index is 0.0551. The molecule has 0 amide bonds. The Kier molecular flexibility index (Phi) is 4.63. The Balaban J connectivity index is 3.38. The van der Waals surface area contributed by atoms with Gasteiger partial charge < -0.3 is 5.73 Å². The van der Waals surface area contributed by atoms with Crippen LogP contribution in [-0.4, -0.2) is 13.0 Å². The summed E-state index contributed by atoms with van der Waals surface area (Å²) in [4.78, 5) is 0. The van der Waals surface area contributed by atoms with Crippen LogP contribution in [0.3, 0.4) is 0 Å². The van der Waals surface area contributed by atoms with E-state index in [2.05, 4.69) is 25.5 Å². The molecule has 0 saturated heterocycles. The van der Waals surface area contributed by atoms with Gasteiger partial charge in [0.05, 0.1) is 5.69 Å². The van der Waals surface area contributed by atoms with E-state index in [4.69, 9.17) is 10.3 Å². The van der Waals surface area contributed by atoms with Crippen molar-refractivity contribution >= 4 is 38.6 Å². The number of hydrogen-bond donors (Lipinski definition) is 3. The molecule has 4 N–H and O–H groups in total. The zero-order chi connectivity index (χ0) is 14.1. The molecule has 1 rings (SSSR count). The third-order valence-corrected chi connectivity index (χ3v) is 3.80. The Bertz CT molecular complexity index is 550. The molecule has 0 aliphatic rings. The summed E-state index contributed by atoms with van der Waals surface area (Å²) in [7, 11) is -4.29. The Morgan fingerprint density at radius 2 is 1.94 bits per heavy atom. The summed E-state index contributed by atoms with van der Waals surface area (Å²) in [6, 6.07) is 3.74. The molecule has 18 heavy (non-hydrogen) atoms. The predicted octanol–water partition coefficient (Wildman–Crippen LogP) is 2.26. The van der Waals surface area contributed by atoms with Crippen molar-refractivity contribution in [1.29, 1.82) is 0 Å². The molecule has 0 aromatic heterocycles. The van der Waals surface area contributed by atoms with E-state index in [1.807, 2.05) is 34.7 Å². The lowest BCUT2D eigenvalue weighted by Gasteiger charge is -2.22. The number of nitrogens with one attached hydrogen (secondary N) is 1. The van der Waals surface area contributed by atoms with Crippen molar-refractivity contribution in [3.8, 4) is 0 Å². The Morgan fingerprint density at radius 1 is 1.39 bits per heavy atom. The van der Waals surface area contributed by atoms with Crippen LogP contribution < -0.4 is 10.5 Å². The highest BCUT2D eigenvalue weighted by molar-refractivity contribution is 14.1. The van der Waals surface area contributed by atoms with Gasteiger partial charge in [0, 0.05) is 10.1 Å². The fourth-order valence-electron chi connectivity index (χ4n) is 1.50. The molecule has 0 fully saturated rings. The van der Waals surface area contributed by atoms with Gasteiger partial charge in [-0.15, -0.1) is 0 Å². The summed E-state index contributed by atoms with van der Waals surface area (Å²) < 4.78 is 33.5. The smallest absolute Gasteiger partial charge is 0.326 e. The number of hydrogen-bond acceptors (Lipinski definition) is 3. The summed E-state index contributed by atoms with van der Waals surface area (Å²) in [5.41, 5.74) is 7.64. The number of nitrogens with two attached hydrogens (primary N) is 1. The number of benzene rings is 1. The van der Waals surface area contributed by atoms with Crippen LogP contribution in [0.15, 0.2) is 12.1 Å². The van der Waals surface area contributed by atoms with E-state index in [-0.39, 0.29) is 12.0 Å². The molecule has 0 spiro atoms. The van der Waals surface area contributed by atoms with Crippen molar-refractivity contribution in [3.63, 3.8) is 0 Å². The number of rotatable bonds is 3. The molecule has 0 atom stereocenters. The molecular weight excluding hydrogens is 367 g/mol. The molecule has 0 bridgehead atoms. The van der Waals surface area contributed by atoms with Crippen LogP contribution in [0, 0.1) is 3.57 Å². The van der Waals surface area contributed by atoms with Gasteiger partial charge in [0.25, 0.3) is 0 Å². The molecule has 0 saturated carbocycles. The van der Waals surface area contributed by atoms with Gasteiger partial charge in [-0.25, -0.2) is 0 Å². The van der Waals surface area contributed by atoms with Crippen LogP contribution in [0.25, 0.3) is 0 Å². The summed E-state index contributed by atoms with van der Waals surface area (Å²) in [6.45, 7) is 6.38. The highest BCUT2D eigenvalue weighted by Gasteiger charge is 2.19. The molecule has 0 unspecified atom stereocenters. The Labute approximate surface area is 121 Å². The quantitative estimate of drug-likeness (QED) is 0.551. The first-order chi connectivity index (χ1) is 8.04. The topological polar surface area (TPSA) is 92.4 Å². The second-order valence-electron chi connectivity index (χ2n) is 5.02. The molecule has 0 radical (unpaired) electrons. The van der Waals surface area contributed by atoms with E-state index in [0.29, 0.717) is 14.8 Å². The molecular formula is C11H17IN2O3S. The molecule has 7 heteroatoms. The summed E-state index contributed by atoms with van der Waals surface area (Å²) in [5.74, 6) is 0. The lowest BCUT2D eigenvalue weighted by molar-refractivity contribution is 0.489. The second kappa shape index (κ2) is 5.32. The van der Waals surface area contributed by atoms with Gasteiger partial charge in [-0.3, -0.25) is 9.27 Å². The maximum Gasteiger partial charge on any atom is 0.357 e. The van der Waals surface area contributed by atoms with Gasteiger partial charge in [-0.1, -0.05) is 26.8 Å². The highest BCUT2D eigenvalue weighted by Crippen LogP contribution is 2.31. The monoisotopic (exact) mass is 384 g/mol. The lowest BCUT2D eigenvalue weighted by atomic mass is 9.86. The molecule has 5 nitrogen and oxygen atoms in total. The lowest BCUT2D eigenvalue weighted by Crippen LogP contribution is -2.17. The van der Waals surface area contributed by atoms with Crippen molar-refractivity contribution in [2.75, 3.05) is 4.72 Å². The maximum atomic E-state index is 10.9. The number of anilines is 1. The van der Waals surface area contributed by atoms with Crippen molar-refractivity contribution < 1.29 is 13.0 Å². The Hall–Kier alpha value is -0.380. The van der Waals surface area contributed by atoms with Gasteiger partial charge >= 0.3 is 10.3 Å². The zero-order valence-electron chi connectivity index (χ0n) is 10.5. The van der Waals surface area contributed by atoms with E-state index in [1.54, 1.807) is 0 Å². The first-order valence-corrected chi connectivity index (χ1v) is 7.84. The van der Waals surface area contributed by atoms with Gasteiger partial charge in [0.15, 0.2) is 0 Å². The van der Waals surface area contributed by atoms with Crippen molar-refractivity contribution in [2.24, 2.45) is 5.73 Å². The average Bonchev–Trinajstić information content (AvgIpc) is 2.17. The fourth-order valence-corrected chi connectivity index (χ4v) is 3.00. The van der Waals surface area contributed by atoms with E-state index >= 15 is 0 Å². The molecule has 1 aromatic rings. The SMILES string of the molecule is CC(C)(C)c1cc(I)c(NS(=O)(=O)O)c(CN)c1. The molecule has 0 heterocycles. The van der Waals surface area contributed by atoms with Crippen LogP contribution in [0.2, 0.25) is 0 Å². The third-order valence-electron chi connectivity index (χ3n) is 2.49. The van der Waals surface area contributed by atoms with Crippen molar-refractivity contribution in [3.05, 3.63) is 26.8 Å².